The van der Waals surface area contributed by atoms with Crippen LogP contribution < -0.4 is 10.6 Å². The number of carbonyl (C=O) groups is 5. The highest BCUT2D eigenvalue weighted by Crippen LogP contribution is 2.44. The first-order valence-electron chi connectivity index (χ1n) is 19.2. The highest BCUT2D eigenvalue weighted by atomic mass is 32.2. The van der Waals surface area contributed by atoms with Crippen molar-refractivity contribution >= 4 is 39.3 Å². The molecule has 1 unspecified atom stereocenters. The van der Waals surface area contributed by atoms with Crippen molar-refractivity contribution in [1.29, 1.82) is 0 Å². The number of amides is 3. The van der Waals surface area contributed by atoms with Gasteiger partial charge in [0.25, 0.3) is 0 Å². The van der Waals surface area contributed by atoms with E-state index in [1.807, 2.05) is 20.8 Å². The molecule has 2 N–H and O–H groups in total. The van der Waals surface area contributed by atoms with Gasteiger partial charge in [0.15, 0.2) is 11.6 Å². The molecule has 3 fully saturated rings. The number of nitrogens with zero attached hydrogens (tertiary/aromatic N) is 2. The van der Waals surface area contributed by atoms with Crippen LogP contribution in [0.3, 0.4) is 0 Å². The van der Waals surface area contributed by atoms with E-state index < -0.39 is 61.8 Å². The zero-order valence-electron chi connectivity index (χ0n) is 32.7. The summed E-state index contributed by atoms with van der Waals surface area (Å²) in [7, 11) is -2.16. The number of terminal acetylenes is 1. The molecule has 0 aromatic carbocycles. The summed E-state index contributed by atoms with van der Waals surface area (Å²) in [6.07, 6.45) is 14.8. The van der Waals surface area contributed by atoms with Gasteiger partial charge in [-0.1, -0.05) is 52.5 Å². The second-order valence-corrected chi connectivity index (χ2v) is 20.1. The van der Waals surface area contributed by atoms with E-state index in [4.69, 9.17) is 6.42 Å². The largest absolute Gasteiger partial charge is 0.334 e. The molecule has 0 radical (unpaired) electrons. The highest BCUT2D eigenvalue weighted by molar-refractivity contribution is 7.90. The molecule has 0 aromatic heterocycles. The molecular weight excluding hydrogens is 681 g/mol. The summed E-state index contributed by atoms with van der Waals surface area (Å²) in [4.78, 5) is 70.5. The standard InChI is InChI=1S/C40H64N4O7S/c1-10-12-18-28(36(47)31(45)23-13-11-2)24-32(46)35-30-22-17-21-29(30)25-44(35)37(48)34(27-19-15-14-16-20-27)42-38(49)41-33(39(3,4)5)26-43(9)52(50,51)40(6,7)8/h1,11,27-30,33-35H,2,12-26H2,3-9H3,(H2,41,42,49)/t28?,29-,30-,33+,34-,35-/m0/s1. The van der Waals surface area contributed by atoms with Gasteiger partial charge >= 0.3 is 6.03 Å². The van der Waals surface area contributed by atoms with Crippen LogP contribution in [0.25, 0.3) is 0 Å². The zero-order chi connectivity index (χ0) is 39.0. The van der Waals surface area contributed by atoms with Gasteiger partial charge in [-0.05, 0) is 82.5 Å². The monoisotopic (exact) mass is 744 g/mol. The summed E-state index contributed by atoms with van der Waals surface area (Å²) in [5.41, 5.74) is -0.520. The summed E-state index contributed by atoms with van der Waals surface area (Å²) in [6, 6.07) is -2.78. The van der Waals surface area contributed by atoms with Crippen molar-refractivity contribution in [1.82, 2.24) is 19.8 Å². The minimum absolute atomic E-state index is 0.0252. The number of likely N-dealkylation sites (tertiary alicyclic amines) is 1. The Morgan fingerprint density at radius 1 is 0.981 bits per heavy atom. The Balaban J connectivity index is 1.89. The van der Waals surface area contributed by atoms with Crippen LogP contribution >= 0.6 is 0 Å². The van der Waals surface area contributed by atoms with Crippen LogP contribution in [0.2, 0.25) is 0 Å². The third-order valence-corrected chi connectivity index (χ3v) is 14.0. The van der Waals surface area contributed by atoms with Gasteiger partial charge < -0.3 is 15.5 Å². The Bertz CT molecular complexity index is 1470. The average molecular weight is 745 g/mol. The predicted molar refractivity (Wildman–Crippen MR) is 204 cm³/mol. The number of nitrogens with one attached hydrogen (secondary N) is 2. The Labute approximate surface area is 312 Å². The molecule has 11 nitrogen and oxygen atoms in total. The van der Waals surface area contributed by atoms with E-state index in [9.17, 15) is 32.4 Å². The van der Waals surface area contributed by atoms with Crippen LogP contribution in [0.1, 0.15) is 125 Å². The molecule has 0 aromatic rings. The maximum absolute atomic E-state index is 14.7. The van der Waals surface area contributed by atoms with E-state index in [0.29, 0.717) is 13.0 Å². The first kappa shape index (κ1) is 43.4. The zero-order valence-corrected chi connectivity index (χ0v) is 33.5. The molecule has 1 heterocycles. The first-order chi connectivity index (χ1) is 24.2. The van der Waals surface area contributed by atoms with Gasteiger partial charge in [0.2, 0.25) is 21.7 Å². The van der Waals surface area contributed by atoms with Crippen LogP contribution in [0, 0.1) is 41.4 Å². The number of urea groups is 1. The molecule has 1 saturated heterocycles. The minimum atomic E-state index is -3.67. The van der Waals surface area contributed by atoms with Gasteiger partial charge in [0.1, 0.15) is 6.04 Å². The Kier molecular flexibility index (Phi) is 15.3. The molecule has 12 heteroatoms. The highest BCUT2D eigenvalue weighted by Gasteiger charge is 2.51. The Morgan fingerprint density at radius 2 is 1.63 bits per heavy atom. The molecule has 3 aliphatic rings. The number of hydrogen-bond acceptors (Lipinski definition) is 7. The number of rotatable bonds is 17. The number of carbonyl (C=O) groups excluding carboxylic acids is 5. The number of ketones is 3. The van der Waals surface area contributed by atoms with Crippen LogP contribution in [-0.4, -0.2) is 89.9 Å². The lowest BCUT2D eigenvalue weighted by Crippen LogP contribution is -2.60. The first-order valence-corrected chi connectivity index (χ1v) is 20.7. The number of fused-ring (bicyclic) bond motifs is 1. The lowest BCUT2D eigenvalue weighted by molar-refractivity contribution is -0.143. The van der Waals surface area contributed by atoms with Crippen molar-refractivity contribution in [3.05, 3.63) is 12.7 Å². The van der Waals surface area contributed by atoms with E-state index in [-0.39, 0.29) is 61.7 Å². The van der Waals surface area contributed by atoms with Crippen molar-refractivity contribution in [3.63, 3.8) is 0 Å². The Morgan fingerprint density at radius 3 is 2.21 bits per heavy atom. The molecule has 292 valence electrons. The molecule has 2 saturated carbocycles. The topological polar surface area (TPSA) is 150 Å². The van der Waals surface area contributed by atoms with Gasteiger partial charge in [-0.25, -0.2) is 17.5 Å². The van der Waals surface area contributed by atoms with Gasteiger partial charge in [-0.3, -0.25) is 19.2 Å². The fourth-order valence-electron chi connectivity index (χ4n) is 8.20. The van der Waals surface area contributed by atoms with Gasteiger partial charge in [0, 0.05) is 51.4 Å². The van der Waals surface area contributed by atoms with Crippen LogP contribution in [0.5, 0.6) is 0 Å². The molecule has 52 heavy (non-hydrogen) atoms. The lowest BCUT2D eigenvalue weighted by atomic mass is 9.82. The van der Waals surface area contributed by atoms with E-state index in [0.717, 1.165) is 51.4 Å². The SMILES string of the molecule is C#CCCC(CC(=O)[C@@H]1[C@H]2CCC[C@H]2CN1C(=O)[C@@H](NC(=O)N[C@H](CN(C)S(=O)(=O)C(C)(C)C)C(C)(C)C)C1CCCCC1)C(=O)C(=O)CCC=C. The normalized spacial score (nSPS) is 22.9. The average Bonchev–Trinajstić information content (AvgIpc) is 3.68. The summed E-state index contributed by atoms with van der Waals surface area (Å²) >= 11 is 0. The van der Waals surface area contributed by atoms with Crippen LogP contribution in [0.4, 0.5) is 4.79 Å². The van der Waals surface area contributed by atoms with Gasteiger partial charge in [0.05, 0.1) is 10.8 Å². The van der Waals surface area contributed by atoms with Crippen LogP contribution in [-0.2, 0) is 29.2 Å². The molecule has 3 amide bonds. The summed E-state index contributed by atoms with van der Waals surface area (Å²) in [5, 5.41) is 6.00. The molecule has 1 aliphatic heterocycles. The van der Waals surface area contributed by atoms with Crippen molar-refractivity contribution in [2.24, 2.45) is 29.1 Å². The number of hydrogen-bond donors (Lipinski definition) is 2. The lowest BCUT2D eigenvalue weighted by Gasteiger charge is -2.38. The van der Waals surface area contributed by atoms with Gasteiger partial charge in [-0.15, -0.1) is 18.9 Å². The summed E-state index contributed by atoms with van der Waals surface area (Å²) < 4.78 is 26.6. The predicted octanol–water partition coefficient (Wildman–Crippen LogP) is 5.43. The number of sulfonamides is 1. The third kappa shape index (κ3) is 10.8. The van der Waals surface area contributed by atoms with E-state index >= 15 is 0 Å². The van der Waals surface area contributed by atoms with Crippen molar-refractivity contribution in [2.75, 3.05) is 20.1 Å². The third-order valence-electron chi connectivity index (χ3n) is 11.5. The molecule has 6 atom stereocenters. The van der Waals surface area contributed by atoms with Crippen molar-refractivity contribution < 1.29 is 32.4 Å². The number of Topliss-reactive ketones (excluding diaryl/α,β-unsaturated/α-hetero) is 3. The minimum Gasteiger partial charge on any atom is -0.334 e. The van der Waals surface area contributed by atoms with E-state index in [1.54, 1.807) is 31.7 Å². The molecule has 0 spiro atoms. The second-order valence-electron chi connectivity index (χ2n) is 17.3. The Hall–Kier alpha value is -3.04. The summed E-state index contributed by atoms with van der Waals surface area (Å²) in [6.45, 7) is 14.7. The van der Waals surface area contributed by atoms with Crippen molar-refractivity contribution in [2.45, 2.75) is 148 Å². The van der Waals surface area contributed by atoms with E-state index in [2.05, 4.69) is 23.1 Å². The molecular formula is C40H64N4O7S. The number of likely N-dealkylation sites (N-methyl/N-ethyl adjacent to an activating group) is 1. The fourth-order valence-corrected chi connectivity index (χ4v) is 9.48. The van der Waals surface area contributed by atoms with E-state index in [1.165, 1.54) is 11.4 Å². The van der Waals surface area contributed by atoms with Crippen molar-refractivity contribution in [3.8, 4) is 12.3 Å². The quantitative estimate of drug-likeness (QED) is 0.115. The second kappa shape index (κ2) is 18.3. The van der Waals surface area contributed by atoms with Gasteiger partial charge in [-0.2, -0.15) is 0 Å². The summed E-state index contributed by atoms with van der Waals surface area (Å²) in [5.74, 6) is -0.0656. The maximum Gasteiger partial charge on any atom is 0.315 e. The molecule has 0 bridgehead atoms. The van der Waals surface area contributed by atoms with Crippen LogP contribution in [0.15, 0.2) is 12.7 Å². The fraction of sp³-hybridized carbons (Fsp3) is 0.775. The maximum atomic E-state index is 14.7. The number of allylic oxidation sites excluding steroid dienone is 1. The molecule has 2 aliphatic carbocycles. The smallest absolute Gasteiger partial charge is 0.315 e. The molecule has 3 rings (SSSR count).